The molecular weight excluding hydrogens is 370 g/mol. The first kappa shape index (κ1) is 17.5. The lowest BCUT2D eigenvalue weighted by molar-refractivity contribution is 0.0631. The number of halogens is 1. The van der Waals surface area contributed by atoms with Gasteiger partial charge in [-0.15, -0.1) is 11.3 Å². The van der Waals surface area contributed by atoms with Gasteiger partial charge in [0.2, 0.25) is 0 Å². The predicted molar refractivity (Wildman–Crippen MR) is 103 cm³/mol. The van der Waals surface area contributed by atoms with Crippen molar-refractivity contribution < 1.29 is 4.79 Å². The zero-order valence-corrected chi connectivity index (χ0v) is 16.1. The lowest BCUT2D eigenvalue weighted by atomic mass is 10.3. The van der Waals surface area contributed by atoms with Gasteiger partial charge < -0.3 is 9.30 Å². The van der Waals surface area contributed by atoms with Gasteiger partial charge >= 0.3 is 0 Å². The molecule has 1 fully saturated rings. The quantitative estimate of drug-likeness (QED) is 0.688. The first-order valence-corrected chi connectivity index (χ1v) is 9.91. The third-order valence-electron chi connectivity index (χ3n) is 4.58. The van der Waals surface area contributed by atoms with E-state index < -0.39 is 0 Å². The second kappa shape index (κ2) is 7.34. The van der Waals surface area contributed by atoms with Crippen molar-refractivity contribution in [3.63, 3.8) is 0 Å². The van der Waals surface area contributed by atoms with Gasteiger partial charge in [0.1, 0.15) is 10.5 Å². The molecule has 0 unspecified atom stereocenters. The van der Waals surface area contributed by atoms with Gasteiger partial charge in [0.25, 0.3) is 5.91 Å². The van der Waals surface area contributed by atoms with Crippen LogP contribution in [0.2, 0.25) is 5.02 Å². The summed E-state index contributed by atoms with van der Waals surface area (Å²) in [6.07, 6.45) is 6.46. The van der Waals surface area contributed by atoms with Crippen LogP contribution in [0.25, 0.3) is 5.65 Å². The van der Waals surface area contributed by atoms with E-state index in [0.29, 0.717) is 5.02 Å². The molecule has 3 aromatic heterocycles. The average Bonchev–Trinajstić information content (AvgIpc) is 3.27. The summed E-state index contributed by atoms with van der Waals surface area (Å²) in [6, 6.07) is 3.77. The van der Waals surface area contributed by atoms with E-state index in [1.54, 1.807) is 6.20 Å². The van der Waals surface area contributed by atoms with E-state index >= 15 is 0 Å². The fourth-order valence-corrected chi connectivity index (χ4v) is 4.15. The second-order valence-electron chi connectivity index (χ2n) is 6.39. The normalized spacial score (nSPS) is 15.7. The maximum absolute atomic E-state index is 12.6. The standard InChI is InChI=1S/C18H20ClN5OS/c1-2-17-20-9-15(26-17)18(25)23-7-5-22(6-8-23)11-14-12-24-10-13(19)3-4-16(24)21-14/h3-4,9-10,12H,2,5-8,11H2,1H3. The molecule has 8 heteroatoms. The molecule has 1 aliphatic heterocycles. The highest BCUT2D eigenvalue weighted by Gasteiger charge is 2.24. The first-order valence-electron chi connectivity index (χ1n) is 8.72. The number of imidazole rings is 1. The number of aromatic nitrogens is 3. The average molecular weight is 390 g/mol. The molecule has 136 valence electrons. The van der Waals surface area contributed by atoms with Crippen LogP contribution < -0.4 is 0 Å². The molecule has 1 amide bonds. The van der Waals surface area contributed by atoms with Crippen molar-refractivity contribution >= 4 is 34.5 Å². The largest absolute Gasteiger partial charge is 0.335 e. The third-order valence-corrected chi connectivity index (χ3v) is 5.93. The fourth-order valence-electron chi connectivity index (χ4n) is 3.16. The van der Waals surface area contributed by atoms with E-state index in [4.69, 9.17) is 11.6 Å². The van der Waals surface area contributed by atoms with Gasteiger partial charge in [0.15, 0.2) is 0 Å². The second-order valence-corrected chi connectivity index (χ2v) is 7.94. The number of thiazole rings is 1. The summed E-state index contributed by atoms with van der Waals surface area (Å²) in [5.74, 6) is 0.101. The van der Waals surface area contributed by atoms with E-state index in [1.807, 2.05) is 33.8 Å². The Kier molecular flexibility index (Phi) is 4.93. The monoisotopic (exact) mass is 389 g/mol. The van der Waals surface area contributed by atoms with Crippen molar-refractivity contribution in [2.75, 3.05) is 26.2 Å². The van der Waals surface area contributed by atoms with Gasteiger partial charge in [0, 0.05) is 45.1 Å². The Bertz CT molecular complexity index is 929. The summed E-state index contributed by atoms with van der Waals surface area (Å²) in [5.41, 5.74) is 1.91. The van der Waals surface area contributed by atoms with Crippen LogP contribution >= 0.6 is 22.9 Å². The van der Waals surface area contributed by atoms with Crippen LogP contribution in [0.5, 0.6) is 0 Å². The lowest BCUT2D eigenvalue weighted by Gasteiger charge is -2.34. The Hall–Kier alpha value is -1.96. The van der Waals surface area contributed by atoms with Crippen LogP contribution in [0.4, 0.5) is 0 Å². The smallest absolute Gasteiger partial charge is 0.265 e. The zero-order chi connectivity index (χ0) is 18.1. The number of nitrogens with zero attached hydrogens (tertiary/aromatic N) is 5. The summed E-state index contributed by atoms with van der Waals surface area (Å²) in [7, 11) is 0. The molecule has 4 rings (SSSR count). The van der Waals surface area contributed by atoms with Crippen molar-refractivity contribution in [1.82, 2.24) is 24.2 Å². The summed E-state index contributed by atoms with van der Waals surface area (Å²) in [6.45, 7) is 6.00. The Morgan fingerprint density at radius 1 is 1.23 bits per heavy atom. The Labute approximate surface area is 161 Å². The highest BCUT2D eigenvalue weighted by Crippen LogP contribution is 2.18. The summed E-state index contributed by atoms with van der Waals surface area (Å²) in [4.78, 5) is 26.5. The number of hydrogen-bond donors (Lipinski definition) is 0. The van der Waals surface area contributed by atoms with E-state index in [1.165, 1.54) is 11.3 Å². The topological polar surface area (TPSA) is 53.7 Å². The molecular formula is C18H20ClN5OS. The van der Waals surface area contributed by atoms with Gasteiger partial charge in [0.05, 0.1) is 21.9 Å². The molecule has 1 aliphatic rings. The van der Waals surface area contributed by atoms with E-state index in [2.05, 4.69) is 21.8 Å². The van der Waals surface area contributed by atoms with Crippen LogP contribution in [0.3, 0.4) is 0 Å². The highest BCUT2D eigenvalue weighted by molar-refractivity contribution is 7.13. The van der Waals surface area contributed by atoms with Gasteiger partial charge in [-0.3, -0.25) is 9.69 Å². The van der Waals surface area contributed by atoms with Crippen LogP contribution in [0, 0.1) is 0 Å². The maximum atomic E-state index is 12.6. The number of fused-ring (bicyclic) bond motifs is 1. The molecule has 1 saturated heterocycles. The molecule has 0 atom stereocenters. The molecule has 6 nitrogen and oxygen atoms in total. The van der Waals surface area contributed by atoms with Crippen LogP contribution in [0.1, 0.15) is 27.3 Å². The molecule has 0 radical (unpaired) electrons. The van der Waals surface area contributed by atoms with E-state index in [-0.39, 0.29) is 5.91 Å². The minimum atomic E-state index is 0.101. The molecule has 0 aliphatic carbocycles. The predicted octanol–water partition coefficient (Wildman–Crippen LogP) is 2.96. The van der Waals surface area contributed by atoms with Crippen molar-refractivity contribution in [1.29, 1.82) is 0 Å². The van der Waals surface area contributed by atoms with Crippen molar-refractivity contribution in [2.24, 2.45) is 0 Å². The molecule has 0 aromatic carbocycles. The summed E-state index contributed by atoms with van der Waals surface area (Å²) in [5, 5.41) is 1.71. The molecule has 26 heavy (non-hydrogen) atoms. The number of aryl methyl sites for hydroxylation is 1. The molecule has 0 spiro atoms. The van der Waals surface area contributed by atoms with E-state index in [0.717, 1.165) is 60.4 Å². The Morgan fingerprint density at radius 2 is 2.04 bits per heavy atom. The number of rotatable bonds is 4. The van der Waals surface area contributed by atoms with Crippen molar-refractivity contribution in [2.45, 2.75) is 19.9 Å². The minimum absolute atomic E-state index is 0.101. The number of carbonyl (C=O) groups excluding carboxylic acids is 1. The molecule has 4 heterocycles. The molecule has 0 saturated carbocycles. The number of amides is 1. The van der Waals surface area contributed by atoms with Gasteiger partial charge in [-0.05, 0) is 18.6 Å². The first-order chi connectivity index (χ1) is 12.6. The van der Waals surface area contributed by atoms with Crippen LogP contribution in [-0.4, -0.2) is 56.3 Å². The minimum Gasteiger partial charge on any atom is -0.335 e. The highest BCUT2D eigenvalue weighted by atomic mass is 35.5. The number of pyridine rings is 1. The number of carbonyl (C=O) groups is 1. The molecule has 3 aromatic rings. The van der Waals surface area contributed by atoms with Crippen LogP contribution in [0.15, 0.2) is 30.7 Å². The number of piperazine rings is 1. The summed E-state index contributed by atoms with van der Waals surface area (Å²) < 4.78 is 1.95. The lowest BCUT2D eigenvalue weighted by Crippen LogP contribution is -2.48. The van der Waals surface area contributed by atoms with Crippen molar-refractivity contribution in [3.8, 4) is 0 Å². The zero-order valence-electron chi connectivity index (χ0n) is 14.6. The van der Waals surface area contributed by atoms with Crippen LogP contribution in [-0.2, 0) is 13.0 Å². The van der Waals surface area contributed by atoms with Gasteiger partial charge in [-0.2, -0.15) is 0 Å². The summed E-state index contributed by atoms with van der Waals surface area (Å²) >= 11 is 7.53. The Morgan fingerprint density at radius 3 is 2.77 bits per heavy atom. The van der Waals surface area contributed by atoms with Gasteiger partial charge in [-0.25, -0.2) is 9.97 Å². The fraction of sp³-hybridized carbons (Fsp3) is 0.389. The van der Waals surface area contributed by atoms with E-state index in [9.17, 15) is 4.79 Å². The number of hydrogen-bond acceptors (Lipinski definition) is 5. The SMILES string of the molecule is CCc1ncc(C(=O)N2CCN(Cc3cn4cc(Cl)ccc4n3)CC2)s1. The molecule has 0 N–H and O–H groups in total. The van der Waals surface area contributed by atoms with Gasteiger partial charge in [-0.1, -0.05) is 18.5 Å². The third kappa shape index (κ3) is 3.60. The van der Waals surface area contributed by atoms with Crippen molar-refractivity contribution in [3.05, 3.63) is 51.3 Å². The molecule has 0 bridgehead atoms. The Balaban J connectivity index is 1.36. The maximum Gasteiger partial charge on any atom is 0.265 e.